The summed E-state index contributed by atoms with van der Waals surface area (Å²) in [6.45, 7) is 11.1. The Balaban J connectivity index is 3.63. The van der Waals surface area contributed by atoms with Gasteiger partial charge in [0.25, 0.3) is 0 Å². The summed E-state index contributed by atoms with van der Waals surface area (Å²) in [5, 5.41) is 0. The van der Waals surface area contributed by atoms with Crippen molar-refractivity contribution in [2.75, 3.05) is 0 Å². The number of unbranched alkanes of at least 4 members (excludes halogenated alkanes) is 2. The van der Waals surface area contributed by atoms with Gasteiger partial charge in [0.05, 0.1) is 0 Å². The third-order valence-corrected chi connectivity index (χ3v) is 3.05. The van der Waals surface area contributed by atoms with E-state index in [-0.39, 0.29) is 0 Å². The van der Waals surface area contributed by atoms with Crippen molar-refractivity contribution in [2.24, 2.45) is 11.8 Å². The van der Waals surface area contributed by atoms with Crippen LogP contribution < -0.4 is 0 Å². The van der Waals surface area contributed by atoms with Gasteiger partial charge in [-0.1, -0.05) is 65.7 Å². The average molecular weight is 183 g/mol. The van der Waals surface area contributed by atoms with Gasteiger partial charge in [0, 0.05) is 0 Å². The molecule has 0 heteroatoms. The molecule has 0 aliphatic rings. The maximum absolute atomic E-state index is 4.30. The Morgan fingerprint density at radius 2 is 1.46 bits per heavy atom. The average Bonchev–Trinajstić information content (AvgIpc) is 2.16. The topological polar surface area (TPSA) is 0 Å². The molecular formula is C13H27. The van der Waals surface area contributed by atoms with Gasteiger partial charge in [-0.15, -0.1) is 0 Å². The minimum Gasteiger partial charge on any atom is -0.0654 e. The maximum atomic E-state index is 4.30. The smallest absolute Gasteiger partial charge is 0.0386 e. The highest BCUT2D eigenvalue weighted by molar-refractivity contribution is 4.71. The Bertz CT molecular complexity index is 96.2. The van der Waals surface area contributed by atoms with E-state index in [1.165, 1.54) is 44.9 Å². The first-order chi connectivity index (χ1) is 6.26. The second-order valence-electron chi connectivity index (χ2n) is 4.21. The minimum atomic E-state index is 0.705. The van der Waals surface area contributed by atoms with Crippen LogP contribution in [-0.2, 0) is 0 Å². The van der Waals surface area contributed by atoms with Gasteiger partial charge in [-0.05, 0) is 18.8 Å². The molecule has 2 unspecified atom stereocenters. The quantitative estimate of drug-likeness (QED) is 0.505. The Morgan fingerprint density at radius 1 is 0.923 bits per heavy atom. The molecule has 2 atom stereocenters. The zero-order valence-electron chi connectivity index (χ0n) is 9.81. The van der Waals surface area contributed by atoms with Crippen molar-refractivity contribution in [1.82, 2.24) is 0 Å². The normalized spacial score (nSPS) is 15.7. The molecule has 0 saturated carbocycles. The van der Waals surface area contributed by atoms with E-state index in [0.717, 1.165) is 5.92 Å². The van der Waals surface area contributed by atoms with Crippen molar-refractivity contribution < 1.29 is 0 Å². The van der Waals surface area contributed by atoms with Crippen LogP contribution in [0.3, 0.4) is 0 Å². The first kappa shape index (κ1) is 13.0. The third kappa shape index (κ3) is 6.12. The monoisotopic (exact) mass is 183 g/mol. The van der Waals surface area contributed by atoms with Crippen molar-refractivity contribution >= 4 is 0 Å². The van der Waals surface area contributed by atoms with Crippen molar-refractivity contribution in [1.29, 1.82) is 0 Å². The standard InChI is InChI=1S/C13H27/c1-5-8-10-12(4)13(7-3)11-9-6-2/h12-13H,4-11H2,1-3H3. The Hall–Kier alpha value is 0. The largest absolute Gasteiger partial charge is 0.0654 e. The van der Waals surface area contributed by atoms with Gasteiger partial charge in [0.15, 0.2) is 0 Å². The molecule has 79 valence electrons. The molecule has 0 rings (SSSR count). The molecule has 0 heterocycles. The molecule has 0 nitrogen and oxygen atoms in total. The lowest BCUT2D eigenvalue weighted by molar-refractivity contribution is 0.323. The predicted molar refractivity (Wildman–Crippen MR) is 61.7 cm³/mol. The second-order valence-corrected chi connectivity index (χ2v) is 4.21. The van der Waals surface area contributed by atoms with E-state index in [9.17, 15) is 0 Å². The summed E-state index contributed by atoms with van der Waals surface area (Å²) in [7, 11) is 0. The molecule has 0 bridgehead atoms. The molecule has 1 radical (unpaired) electrons. The summed E-state index contributed by atoms with van der Waals surface area (Å²) in [5.41, 5.74) is 0. The SMILES string of the molecule is [CH2]C(CCCC)C(CC)CCCC. The molecule has 0 aliphatic carbocycles. The van der Waals surface area contributed by atoms with Crippen molar-refractivity contribution in [3.05, 3.63) is 6.92 Å². The van der Waals surface area contributed by atoms with E-state index in [1.807, 2.05) is 0 Å². The molecule has 0 amide bonds. The maximum Gasteiger partial charge on any atom is -0.0386 e. The summed E-state index contributed by atoms with van der Waals surface area (Å²) in [5.74, 6) is 1.59. The predicted octanol–water partition coefficient (Wildman–Crippen LogP) is 4.84. The zero-order valence-corrected chi connectivity index (χ0v) is 9.81. The summed E-state index contributed by atoms with van der Waals surface area (Å²) in [4.78, 5) is 0. The van der Waals surface area contributed by atoms with Crippen LogP contribution in [0.15, 0.2) is 0 Å². The van der Waals surface area contributed by atoms with Gasteiger partial charge in [0.1, 0.15) is 0 Å². The van der Waals surface area contributed by atoms with Gasteiger partial charge in [-0.3, -0.25) is 0 Å². The Morgan fingerprint density at radius 3 is 1.92 bits per heavy atom. The summed E-state index contributed by atoms with van der Waals surface area (Å²) >= 11 is 0. The van der Waals surface area contributed by atoms with Crippen LogP contribution >= 0.6 is 0 Å². The number of hydrogen-bond acceptors (Lipinski definition) is 0. The molecule has 0 N–H and O–H groups in total. The molecule has 0 aliphatic heterocycles. The molecule has 0 fully saturated rings. The van der Waals surface area contributed by atoms with Crippen molar-refractivity contribution in [3.8, 4) is 0 Å². The minimum absolute atomic E-state index is 0.705. The Kier molecular flexibility index (Phi) is 8.59. The van der Waals surface area contributed by atoms with Crippen LogP contribution in [0.25, 0.3) is 0 Å². The lowest BCUT2D eigenvalue weighted by Crippen LogP contribution is -2.11. The fraction of sp³-hybridized carbons (Fsp3) is 0.923. The van der Waals surface area contributed by atoms with E-state index in [0.29, 0.717) is 5.92 Å². The molecule has 0 aromatic carbocycles. The van der Waals surface area contributed by atoms with Crippen LogP contribution in [-0.4, -0.2) is 0 Å². The van der Waals surface area contributed by atoms with Crippen LogP contribution in [0.2, 0.25) is 0 Å². The molecular weight excluding hydrogens is 156 g/mol. The van der Waals surface area contributed by atoms with Crippen molar-refractivity contribution in [3.63, 3.8) is 0 Å². The van der Waals surface area contributed by atoms with E-state index >= 15 is 0 Å². The zero-order chi connectivity index (χ0) is 10.1. The first-order valence-corrected chi connectivity index (χ1v) is 6.09. The van der Waals surface area contributed by atoms with E-state index < -0.39 is 0 Å². The fourth-order valence-electron chi connectivity index (χ4n) is 1.94. The van der Waals surface area contributed by atoms with Crippen LogP contribution in [0, 0.1) is 18.8 Å². The molecule has 13 heavy (non-hydrogen) atoms. The Labute approximate surface area is 85.1 Å². The van der Waals surface area contributed by atoms with Crippen LogP contribution in [0.4, 0.5) is 0 Å². The van der Waals surface area contributed by atoms with Gasteiger partial charge < -0.3 is 0 Å². The number of rotatable bonds is 8. The summed E-state index contributed by atoms with van der Waals surface area (Å²) in [6, 6.07) is 0. The lowest BCUT2D eigenvalue weighted by Gasteiger charge is -2.22. The van der Waals surface area contributed by atoms with E-state index in [2.05, 4.69) is 27.7 Å². The summed E-state index contributed by atoms with van der Waals surface area (Å²) in [6.07, 6.45) is 9.43. The van der Waals surface area contributed by atoms with Crippen LogP contribution in [0.5, 0.6) is 0 Å². The molecule has 0 aromatic heterocycles. The van der Waals surface area contributed by atoms with Gasteiger partial charge >= 0.3 is 0 Å². The molecule has 0 spiro atoms. The van der Waals surface area contributed by atoms with E-state index in [1.54, 1.807) is 0 Å². The molecule has 0 saturated heterocycles. The second kappa shape index (κ2) is 8.59. The van der Waals surface area contributed by atoms with Gasteiger partial charge in [0.2, 0.25) is 0 Å². The number of hydrogen-bond donors (Lipinski definition) is 0. The van der Waals surface area contributed by atoms with E-state index in [4.69, 9.17) is 0 Å². The van der Waals surface area contributed by atoms with Gasteiger partial charge in [-0.2, -0.15) is 0 Å². The van der Waals surface area contributed by atoms with Crippen molar-refractivity contribution in [2.45, 2.75) is 65.7 Å². The first-order valence-electron chi connectivity index (χ1n) is 6.09. The highest BCUT2D eigenvalue weighted by atomic mass is 14.2. The van der Waals surface area contributed by atoms with Gasteiger partial charge in [-0.25, -0.2) is 0 Å². The van der Waals surface area contributed by atoms with Crippen LogP contribution in [0.1, 0.15) is 65.7 Å². The highest BCUT2D eigenvalue weighted by Gasteiger charge is 2.13. The molecule has 0 aromatic rings. The lowest BCUT2D eigenvalue weighted by atomic mass is 9.84. The highest BCUT2D eigenvalue weighted by Crippen LogP contribution is 2.25. The summed E-state index contributed by atoms with van der Waals surface area (Å²) < 4.78 is 0. The third-order valence-electron chi connectivity index (χ3n) is 3.05. The fourth-order valence-corrected chi connectivity index (χ4v) is 1.94.